The van der Waals surface area contributed by atoms with E-state index in [0.29, 0.717) is 22.8 Å². The van der Waals surface area contributed by atoms with Gasteiger partial charge in [0.15, 0.2) is 0 Å². The van der Waals surface area contributed by atoms with Crippen LogP contribution in [0.3, 0.4) is 0 Å². The highest BCUT2D eigenvalue weighted by atomic mass is 32.2. The van der Waals surface area contributed by atoms with Gasteiger partial charge in [0.1, 0.15) is 5.82 Å². The highest BCUT2D eigenvalue weighted by Crippen LogP contribution is 2.36. The average molecular weight is 351 g/mol. The number of halogens is 1. The van der Waals surface area contributed by atoms with Gasteiger partial charge in [0.2, 0.25) is 0 Å². The highest BCUT2D eigenvalue weighted by Gasteiger charge is 2.40. The van der Waals surface area contributed by atoms with E-state index in [0.717, 1.165) is 24.6 Å². The van der Waals surface area contributed by atoms with Gasteiger partial charge in [-0.15, -0.1) is 11.8 Å². The fourth-order valence-electron chi connectivity index (χ4n) is 2.86. The minimum Gasteiger partial charge on any atom is -0.396 e. The molecule has 0 spiro atoms. The summed E-state index contributed by atoms with van der Waals surface area (Å²) in [5, 5.41) is 9.04. The van der Waals surface area contributed by atoms with Crippen molar-refractivity contribution in [3.8, 4) is 0 Å². The number of carbonyl (C=O) groups excluding carboxylic acids is 2. The Labute approximate surface area is 143 Å². The number of benzene rings is 1. The monoisotopic (exact) mass is 351 g/mol. The van der Waals surface area contributed by atoms with E-state index in [4.69, 9.17) is 9.84 Å². The maximum Gasteiger partial charge on any atom is 0.268 e. The molecule has 1 aromatic carbocycles. The van der Waals surface area contributed by atoms with Crippen LogP contribution < -0.4 is 0 Å². The van der Waals surface area contributed by atoms with Crippen LogP contribution in [0.2, 0.25) is 0 Å². The molecule has 1 atom stereocenters. The standard InChI is InChI=1S/C17H18FNO4S/c18-12-5-3-11(4-6-12)14-15(24-9-7-20)17(22)19(16(14)21)10-13-2-1-8-23-13/h3-6,13,20H,1-2,7-10H2. The molecule has 0 radical (unpaired) electrons. The van der Waals surface area contributed by atoms with Crippen LogP contribution in [0.25, 0.3) is 5.57 Å². The van der Waals surface area contributed by atoms with Gasteiger partial charge >= 0.3 is 0 Å². The third-order valence-corrected chi connectivity index (χ3v) is 5.06. The molecule has 128 valence electrons. The van der Waals surface area contributed by atoms with Crippen LogP contribution in [0, 0.1) is 5.82 Å². The van der Waals surface area contributed by atoms with Crippen LogP contribution in [0.15, 0.2) is 29.2 Å². The number of amides is 2. The third-order valence-electron chi connectivity index (χ3n) is 4.01. The Hall–Kier alpha value is -1.70. The highest BCUT2D eigenvalue weighted by molar-refractivity contribution is 8.04. The molecule has 3 rings (SSSR count). The number of aliphatic hydroxyl groups is 1. The summed E-state index contributed by atoms with van der Waals surface area (Å²) < 4.78 is 18.7. The first kappa shape index (κ1) is 17.1. The lowest BCUT2D eigenvalue weighted by Crippen LogP contribution is -2.37. The van der Waals surface area contributed by atoms with Gasteiger partial charge in [0.05, 0.1) is 29.7 Å². The lowest BCUT2D eigenvalue weighted by Gasteiger charge is -2.19. The van der Waals surface area contributed by atoms with Gasteiger partial charge in [-0.2, -0.15) is 0 Å². The van der Waals surface area contributed by atoms with Crippen molar-refractivity contribution in [3.63, 3.8) is 0 Å². The summed E-state index contributed by atoms with van der Waals surface area (Å²) in [7, 11) is 0. The predicted molar refractivity (Wildman–Crippen MR) is 88.6 cm³/mol. The summed E-state index contributed by atoms with van der Waals surface area (Å²) in [5.41, 5.74) is 0.779. The number of thioether (sulfide) groups is 1. The molecule has 1 saturated heterocycles. The second-order valence-corrected chi connectivity index (χ2v) is 6.74. The second kappa shape index (κ2) is 7.46. The molecule has 1 fully saturated rings. The van der Waals surface area contributed by atoms with E-state index in [2.05, 4.69) is 0 Å². The maximum atomic E-state index is 13.2. The molecule has 5 nitrogen and oxygen atoms in total. The van der Waals surface area contributed by atoms with Gasteiger partial charge in [-0.3, -0.25) is 14.5 Å². The Kier molecular flexibility index (Phi) is 5.33. The molecular weight excluding hydrogens is 333 g/mol. The quantitative estimate of drug-likeness (QED) is 0.792. The van der Waals surface area contributed by atoms with Gasteiger partial charge in [-0.1, -0.05) is 12.1 Å². The van der Waals surface area contributed by atoms with Crippen molar-refractivity contribution >= 4 is 29.1 Å². The summed E-state index contributed by atoms with van der Waals surface area (Å²) in [6, 6.07) is 5.50. The Morgan fingerprint density at radius 3 is 2.62 bits per heavy atom. The lowest BCUT2D eigenvalue weighted by molar-refractivity contribution is -0.138. The molecule has 1 unspecified atom stereocenters. The normalized spacial score (nSPS) is 21.2. The summed E-state index contributed by atoms with van der Waals surface area (Å²) >= 11 is 1.15. The van der Waals surface area contributed by atoms with Crippen LogP contribution >= 0.6 is 11.8 Å². The van der Waals surface area contributed by atoms with E-state index in [9.17, 15) is 14.0 Å². The van der Waals surface area contributed by atoms with Gasteiger partial charge in [-0.25, -0.2) is 4.39 Å². The maximum absolute atomic E-state index is 13.2. The zero-order chi connectivity index (χ0) is 17.1. The number of rotatable bonds is 6. The minimum absolute atomic E-state index is 0.0991. The van der Waals surface area contributed by atoms with Crippen molar-refractivity contribution < 1.29 is 23.8 Å². The van der Waals surface area contributed by atoms with Crippen LogP contribution in [0.5, 0.6) is 0 Å². The van der Waals surface area contributed by atoms with Gasteiger partial charge < -0.3 is 9.84 Å². The number of carbonyl (C=O) groups is 2. The molecule has 0 bridgehead atoms. The minimum atomic E-state index is -0.406. The number of aliphatic hydroxyl groups excluding tert-OH is 1. The van der Waals surface area contributed by atoms with E-state index >= 15 is 0 Å². The van der Waals surface area contributed by atoms with Crippen molar-refractivity contribution in [2.24, 2.45) is 0 Å². The number of imide groups is 1. The molecule has 7 heteroatoms. The van der Waals surface area contributed by atoms with Gasteiger partial charge in [0.25, 0.3) is 11.8 Å². The zero-order valence-corrected chi connectivity index (χ0v) is 13.9. The molecular formula is C17H18FNO4S. The Balaban J connectivity index is 1.90. The molecule has 24 heavy (non-hydrogen) atoms. The molecule has 0 saturated carbocycles. The third kappa shape index (κ3) is 3.38. The summed E-state index contributed by atoms with van der Waals surface area (Å²) in [4.78, 5) is 27.0. The van der Waals surface area contributed by atoms with Crippen LogP contribution in [-0.2, 0) is 14.3 Å². The van der Waals surface area contributed by atoms with Crippen molar-refractivity contribution in [1.29, 1.82) is 0 Å². The van der Waals surface area contributed by atoms with Crippen LogP contribution in [0.1, 0.15) is 18.4 Å². The summed E-state index contributed by atoms with van der Waals surface area (Å²) in [5.74, 6) is -0.847. The van der Waals surface area contributed by atoms with Crippen molar-refractivity contribution in [1.82, 2.24) is 4.90 Å². The molecule has 2 amide bonds. The largest absolute Gasteiger partial charge is 0.396 e. The van der Waals surface area contributed by atoms with Gasteiger partial charge in [0, 0.05) is 12.4 Å². The first-order valence-corrected chi connectivity index (χ1v) is 8.82. The SMILES string of the molecule is O=C1C(SCCO)=C(c2ccc(F)cc2)C(=O)N1CC1CCCO1. The smallest absolute Gasteiger partial charge is 0.268 e. The van der Waals surface area contributed by atoms with E-state index in [1.54, 1.807) is 0 Å². The van der Waals surface area contributed by atoms with E-state index in [1.165, 1.54) is 29.2 Å². The Morgan fingerprint density at radius 2 is 2.00 bits per heavy atom. The molecule has 1 N–H and O–H groups in total. The molecule has 2 aliphatic rings. The first-order valence-electron chi connectivity index (χ1n) is 7.83. The van der Waals surface area contributed by atoms with Crippen molar-refractivity contribution in [3.05, 3.63) is 40.6 Å². The first-order chi connectivity index (χ1) is 11.6. The number of hydrogen-bond donors (Lipinski definition) is 1. The second-order valence-electron chi connectivity index (χ2n) is 5.64. The Bertz CT molecular complexity index is 668. The molecule has 1 aromatic rings. The van der Waals surface area contributed by atoms with E-state index in [1.807, 2.05) is 0 Å². The fourth-order valence-corrected chi connectivity index (χ4v) is 3.74. The van der Waals surface area contributed by atoms with Crippen LogP contribution in [-0.4, -0.2) is 53.4 Å². The van der Waals surface area contributed by atoms with Gasteiger partial charge in [-0.05, 0) is 30.5 Å². The molecule has 0 aromatic heterocycles. The molecule has 2 aliphatic heterocycles. The van der Waals surface area contributed by atoms with E-state index in [-0.39, 0.29) is 36.6 Å². The lowest BCUT2D eigenvalue weighted by atomic mass is 10.1. The number of nitrogens with zero attached hydrogens (tertiary/aromatic N) is 1. The number of hydrogen-bond acceptors (Lipinski definition) is 5. The Morgan fingerprint density at radius 1 is 1.25 bits per heavy atom. The zero-order valence-electron chi connectivity index (χ0n) is 13.0. The van der Waals surface area contributed by atoms with E-state index < -0.39 is 5.82 Å². The summed E-state index contributed by atoms with van der Waals surface area (Å²) in [6.45, 7) is 0.773. The predicted octanol–water partition coefficient (Wildman–Crippen LogP) is 1.81. The topological polar surface area (TPSA) is 66.8 Å². The number of ether oxygens (including phenoxy) is 1. The molecule has 0 aliphatic carbocycles. The molecule has 2 heterocycles. The van der Waals surface area contributed by atoms with Crippen molar-refractivity contribution in [2.45, 2.75) is 18.9 Å². The average Bonchev–Trinajstić information content (AvgIpc) is 3.16. The fraction of sp³-hybridized carbons (Fsp3) is 0.412. The van der Waals surface area contributed by atoms with Crippen molar-refractivity contribution in [2.75, 3.05) is 25.5 Å². The van der Waals surface area contributed by atoms with Crippen LogP contribution in [0.4, 0.5) is 4.39 Å². The summed E-state index contributed by atoms with van der Waals surface area (Å²) in [6.07, 6.45) is 1.61.